The summed E-state index contributed by atoms with van der Waals surface area (Å²) in [5, 5.41) is 12.9. The van der Waals surface area contributed by atoms with E-state index in [1.54, 1.807) is 29.8 Å². The van der Waals surface area contributed by atoms with Crippen molar-refractivity contribution in [3.63, 3.8) is 0 Å². The Bertz CT molecular complexity index is 1190. The number of rotatable bonds is 5. The molecule has 1 atom stereocenters. The first kappa shape index (κ1) is 18.6. The van der Waals surface area contributed by atoms with Gasteiger partial charge in [0.2, 0.25) is 6.10 Å². The van der Waals surface area contributed by atoms with Gasteiger partial charge in [0, 0.05) is 7.05 Å². The number of aromatic nitrogens is 5. The molecule has 0 unspecified atom stereocenters. The maximum absolute atomic E-state index is 14.0. The predicted molar refractivity (Wildman–Crippen MR) is 106 cm³/mol. The Hall–Kier alpha value is -3.40. The van der Waals surface area contributed by atoms with Crippen molar-refractivity contribution in [3.8, 4) is 22.9 Å². The van der Waals surface area contributed by atoms with Gasteiger partial charge >= 0.3 is 0 Å². The molecule has 4 aromatic rings. The maximum atomic E-state index is 14.0. The molecule has 8 nitrogen and oxygen atoms in total. The van der Waals surface area contributed by atoms with Gasteiger partial charge in [-0.15, -0.1) is 10.2 Å². The minimum Gasteiger partial charge on any atom is -0.485 e. The highest BCUT2D eigenvalue weighted by atomic mass is 32.2. The summed E-state index contributed by atoms with van der Waals surface area (Å²) in [5.74, 6) is 2.70. The van der Waals surface area contributed by atoms with E-state index in [0.717, 1.165) is 0 Å². The number of nitrogens with zero attached hydrogens (tertiary/aromatic N) is 5. The number of fused-ring (bicyclic) bond motifs is 1. The monoisotopic (exact) mass is 425 g/mol. The molecule has 0 saturated heterocycles. The number of para-hydroxylation sites is 2. The third-order valence-corrected chi connectivity index (χ3v) is 5.56. The van der Waals surface area contributed by atoms with Gasteiger partial charge in [0.1, 0.15) is 12.4 Å². The molecule has 0 amide bonds. The highest BCUT2D eigenvalue weighted by Gasteiger charge is 2.27. The number of halogens is 1. The van der Waals surface area contributed by atoms with Gasteiger partial charge in [0.15, 0.2) is 28.3 Å². The number of thioether (sulfide) groups is 1. The van der Waals surface area contributed by atoms with E-state index in [0.29, 0.717) is 52.1 Å². The van der Waals surface area contributed by atoms with Crippen LogP contribution in [0.2, 0.25) is 0 Å². The van der Waals surface area contributed by atoms with E-state index in [1.165, 1.54) is 17.8 Å². The van der Waals surface area contributed by atoms with E-state index in [1.807, 2.05) is 24.3 Å². The van der Waals surface area contributed by atoms with Crippen molar-refractivity contribution >= 4 is 11.8 Å². The first-order valence-electron chi connectivity index (χ1n) is 9.17. The summed E-state index contributed by atoms with van der Waals surface area (Å²) in [6.07, 6.45) is -0.464. The molecule has 5 rings (SSSR count). The molecule has 0 saturated carbocycles. The molecule has 0 fully saturated rings. The van der Waals surface area contributed by atoms with Crippen LogP contribution in [0.3, 0.4) is 0 Å². The van der Waals surface area contributed by atoms with E-state index >= 15 is 0 Å². The van der Waals surface area contributed by atoms with Crippen LogP contribution in [0.4, 0.5) is 4.39 Å². The van der Waals surface area contributed by atoms with E-state index in [2.05, 4.69) is 20.3 Å². The van der Waals surface area contributed by atoms with Crippen LogP contribution in [-0.2, 0) is 12.8 Å². The fourth-order valence-electron chi connectivity index (χ4n) is 3.04. The molecule has 152 valence electrons. The van der Waals surface area contributed by atoms with Crippen molar-refractivity contribution in [3.05, 3.63) is 66.1 Å². The molecule has 2 aromatic heterocycles. The second kappa shape index (κ2) is 7.79. The number of ether oxygens (including phenoxy) is 2. The fourth-order valence-corrected chi connectivity index (χ4v) is 3.80. The standard InChI is InChI=1S/C20H16FN5O3S/c1-26-18(12-6-2-3-7-13(12)21)23-24-20(26)30-11-17-22-19(29-25-17)16-10-27-14-8-4-5-9-15(14)28-16/h2-9,16H,10-11H2,1H3/t16-/m1/s1. The molecular formula is C20H16FN5O3S. The smallest absolute Gasteiger partial charge is 0.271 e. The summed E-state index contributed by atoms with van der Waals surface area (Å²) in [6.45, 7) is 0.293. The van der Waals surface area contributed by atoms with Crippen LogP contribution in [-0.4, -0.2) is 31.5 Å². The van der Waals surface area contributed by atoms with Gasteiger partial charge in [-0.05, 0) is 24.3 Å². The third-order valence-electron chi connectivity index (χ3n) is 4.55. The average Bonchev–Trinajstić information content (AvgIpc) is 3.39. The molecule has 0 radical (unpaired) electrons. The molecule has 2 aromatic carbocycles. The molecule has 0 N–H and O–H groups in total. The summed E-state index contributed by atoms with van der Waals surface area (Å²) in [5.41, 5.74) is 0.399. The zero-order chi connectivity index (χ0) is 20.5. The Morgan fingerprint density at radius 2 is 1.90 bits per heavy atom. The summed E-state index contributed by atoms with van der Waals surface area (Å²) in [6, 6.07) is 13.9. The van der Waals surface area contributed by atoms with Crippen molar-refractivity contribution in [1.29, 1.82) is 0 Å². The fraction of sp³-hybridized carbons (Fsp3) is 0.200. The molecule has 0 bridgehead atoms. The second-order valence-corrected chi connectivity index (χ2v) is 7.49. The summed E-state index contributed by atoms with van der Waals surface area (Å²) < 4.78 is 32.7. The normalized spacial score (nSPS) is 15.3. The average molecular weight is 425 g/mol. The van der Waals surface area contributed by atoms with Crippen LogP contribution >= 0.6 is 11.8 Å². The van der Waals surface area contributed by atoms with E-state index in [-0.39, 0.29) is 5.82 Å². The Balaban J connectivity index is 1.27. The van der Waals surface area contributed by atoms with Gasteiger partial charge in [-0.1, -0.05) is 41.2 Å². The van der Waals surface area contributed by atoms with Crippen LogP contribution in [0.15, 0.2) is 58.2 Å². The highest BCUT2D eigenvalue weighted by molar-refractivity contribution is 7.98. The first-order valence-corrected chi connectivity index (χ1v) is 10.2. The lowest BCUT2D eigenvalue weighted by molar-refractivity contribution is 0.0665. The SMILES string of the molecule is Cn1c(SCc2noc([C@H]3COc4ccccc4O3)n2)nnc1-c1ccccc1F. The van der Waals surface area contributed by atoms with Gasteiger partial charge in [-0.2, -0.15) is 4.98 Å². The third kappa shape index (κ3) is 3.50. The minimum absolute atomic E-state index is 0.293. The van der Waals surface area contributed by atoms with Crippen molar-refractivity contribution in [1.82, 2.24) is 24.9 Å². The van der Waals surface area contributed by atoms with Crippen LogP contribution in [0.25, 0.3) is 11.4 Å². The molecule has 1 aliphatic heterocycles. The minimum atomic E-state index is -0.464. The van der Waals surface area contributed by atoms with Gasteiger partial charge in [0.25, 0.3) is 5.89 Å². The molecule has 3 heterocycles. The molecule has 10 heteroatoms. The van der Waals surface area contributed by atoms with E-state index in [9.17, 15) is 4.39 Å². The summed E-state index contributed by atoms with van der Waals surface area (Å²) in [7, 11) is 1.79. The van der Waals surface area contributed by atoms with Crippen molar-refractivity contribution in [2.45, 2.75) is 17.0 Å². The zero-order valence-corrected chi connectivity index (χ0v) is 16.7. The lowest BCUT2D eigenvalue weighted by Gasteiger charge is -2.23. The number of hydrogen-bond donors (Lipinski definition) is 0. The van der Waals surface area contributed by atoms with E-state index in [4.69, 9.17) is 14.0 Å². The van der Waals surface area contributed by atoms with Crippen LogP contribution in [0.5, 0.6) is 11.5 Å². The van der Waals surface area contributed by atoms with Gasteiger partial charge in [-0.25, -0.2) is 4.39 Å². The molecular weight excluding hydrogens is 409 g/mol. The Morgan fingerprint density at radius 3 is 2.77 bits per heavy atom. The van der Waals surface area contributed by atoms with Gasteiger partial charge < -0.3 is 18.6 Å². The molecule has 1 aliphatic rings. The van der Waals surface area contributed by atoms with Crippen LogP contribution in [0.1, 0.15) is 17.8 Å². The van der Waals surface area contributed by atoms with Gasteiger partial charge in [-0.3, -0.25) is 0 Å². The molecule has 0 spiro atoms. The zero-order valence-electron chi connectivity index (χ0n) is 15.9. The summed E-state index contributed by atoms with van der Waals surface area (Å²) in [4.78, 5) is 4.41. The Morgan fingerprint density at radius 1 is 1.10 bits per heavy atom. The topological polar surface area (TPSA) is 88.1 Å². The maximum Gasteiger partial charge on any atom is 0.271 e. The predicted octanol–water partition coefficient (Wildman–Crippen LogP) is 3.81. The lowest BCUT2D eigenvalue weighted by atomic mass is 10.2. The largest absolute Gasteiger partial charge is 0.485 e. The quantitative estimate of drug-likeness (QED) is 0.446. The second-order valence-electron chi connectivity index (χ2n) is 6.55. The van der Waals surface area contributed by atoms with Crippen molar-refractivity contribution < 1.29 is 18.4 Å². The van der Waals surface area contributed by atoms with Crippen molar-refractivity contribution in [2.75, 3.05) is 6.61 Å². The lowest BCUT2D eigenvalue weighted by Crippen LogP contribution is -2.21. The highest BCUT2D eigenvalue weighted by Crippen LogP contribution is 2.35. The van der Waals surface area contributed by atoms with Crippen molar-refractivity contribution in [2.24, 2.45) is 7.05 Å². The van der Waals surface area contributed by atoms with E-state index < -0.39 is 6.10 Å². The summed E-state index contributed by atoms with van der Waals surface area (Å²) >= 11 is 1.38. The Kier molecular flexibility index (Phi) is 4.83. The number of benzene rings is 2. The van der Waals surface area contributed by atoms with Crippen LogP contribution in [0, 0.1) is 5.82 Å². The molecule has 0 aliphatic carbocycles. The molecule has 30 heavy (non-hydrogen) atoms. The van der Waals surface area contributed by atoms with Gasteiger partial charge in [0.05, 0.1) is 11.3 Å². The number of hydrogen-bond acceptors (Lipinski definition) is 8. The Labute approximate surface area is 175 Å². The van der Waals surface area contributed by atoms with Crippen LogP contribution < -0.4 is 9.47 Å². The first-order chi connectivity index (χ1) is 14.7.